The van der Waals surface area contributed by atoms with Crippen molar-refractivity contribution in [2.24, 2.45) is 11.8 Å². The highest BCUT2D eigenvalue weighted by Gasteiger charge is 2.22. The highest BCUT2D eigenvalue weighted by molar-refractivity contribution is 4.77. The quantitative estimate of drug-likeness (QED) is 0.699. The van der Waals surface area contributed by atoms with Crippen LogP contribution in [-0.2, 0) is 4.74 Å². The Morgan fingerprint density at radius 3 is 2.39 bits per heavy atom. The predicted octanol–water partition coefficient (Wildman–Crippen LogP) is 2.33. The van der Waals surface area contributed by atoms with Gasteiger partial charge in [0.25, 0.3) is 0 Å². The van der Waals surface area contributed by atoms with Crippen molar-refractivity contribution in [3.05, 3.63) is 0 Å². The van der Waals surface area contributed by atoms with Crippen LogP contribution in [0.4, 0.5) is 0 Å². The van der Waals surface area contributed by atoms with E-state index in [1.807, 2.05) is 0 Å². The molecule has 0 aromatic heterocycles. The highest BCUT2D eigenvalue weighted by atomic mass is 16.5. The average Bonchev–Trinajstić information content (AvgIpc) is 3.21. The molecule has 0 amide bonds. The van der Waals surface area contributed by atoms with Gasteiger partial charge in [-0.05, 0) is 50.4 Å². The molecule has 2 aliphatic carbocycles. The molecule has 1 atom stereocenters. The van der Waals surface area contributed by atoms with Crippen LogP contribution < -0.4 is 5.32 Å². The molecule has 0 aromatic carbocycles. The first-order valence-corrected chi connectivity index (χ1v) is 7.77. The molecule has 2 fully saturated rings. The van der Waals surface area contributed by atoms with Crippen LogP contribution in [0.3, 0.4) is 0 Å². The first kappa shape index (κ1) is 14.3. The molecule has 0 aliphatic heterocycles. The Morgan fingerprint density at radius 2 is 1.78 bits per heavy atom. The van der Waals surface area contributed by atoms with Crippen LogP contribution in [0.15, 0.2) is 0 Å². The average molecular weight is 255 g/mol. The van der Waals surface area contributed by atoms with Crippen molar-refractivity contribution in [3.8, 4) is 0 Å². The Bertz CT molecular complexity index is 223. The summed E-state index contributed by atoms with van der Waals surface area (Å²) in [5.41, 5.74) is 0. The molecule has 0 saturated heterocycles. The van der Waals surface area contributed by atoms with Gasteiger partial charge in [-0.1, -0.05) is 13.3 Å². The van der Waals surface area contributed by atoms with Gasteiger partial charge in [0.2, 0.25) is 0 Å². The van der Waals surface area contributed by atoms with Gasteiger partial charge < -0.3 is 15.2 Å². The molecular formula is C15H29NO2. The van der Waals surface area contributed by atoms with Crippen LogP contribution in [0.2, 0.25) is 0 Å². The minimum Gasteiger partial charge on any atom is -0.389 e. The number of aliphatic hydroxyl groups excluding tert-OH is 1. The van der Waals surface area contributed by atoms with Gasteiger partial charge in [0.1, 0.15) is 0 Å². The topological polar surface area (TPSA) is 41.5 Å². The number of hydrogen-bond donors (Lipinski definition) is 2. The van der Waals surface area contributed by atoms with E-state index in [-0.39, 0.29) is 6.10 Å². The monoisotopic (exact) mass is 255 g/mol. The third-order valence-corrected chi connectivity index (χ3v) is 4.43. The maximum Gasteiger partial charge on any atom is 0.0897 e. The van der Waals surface area contributed by atoms with Crippen LogP contribution in [0.25, 0.3) is 0 Å². The molecule has 0 spiro atoms. The van der Waals surface area contributed by atoms with Gasteiger partial charge in [-0.3, -0.25) is 0 Å². The Balaban J connectivity index is 1.48. The second kappa shape index (κ2) is 7.46. The zero-order valence-electron chi connectivity index (χ0n) is 11.7. The SMILES string of the molecule is CCC1CCC(NCC(O)COCC2CC2)CC1. The van der Waals surface area contributed by atoms with Gasteiger partial charge >= 0.3 is 0 Å². The fraction of sp³-hybridized carbons (Fsp3) is 1.00. The molecular weight excluding hydrogens is 226 g/mol. The van der Waals surface area contributed by atoms with E-state index in [9.17, 15) is 5.11 Å². The van der Waals surface area contributed by atoms with Gasteiger partial charge in [-0.15, -0.1) is 0 Å². The summed E-state index contributed by atoms with van der Waals surface area (Å²) >= 11 is 0. The largest absolute Gasteiger partial charge is 0.389 e. The van der Waals surface area contributed by atoms with Crippen LogP contribution in [0, 0.1) is 11.8 Å². The van der Waals surface area contributed by atoms with Crippen molar-refractivity contribution in [2.75, 3.05) is 19.8 Å². The van der Waals surface area contributed by atoms with Crippen LogP contribution in [0.1, 0.15) is 51.9 Å². The number of rotatable bonds is 8. The van der Waals surface area contributed by atoms with Crippen molar-refractivity contribution in [3.63, 3.8) is 0 Å². The maximum atomic E-state index is 9.82. The summed E-state index contributed by atoms with van der Waals surface area (Å²) in [4.78, 5) is 0. The molecule has 0 aromatic rings. The zero-order valence-corrected chi connectivity index (χ0v) is 11.7. The predicted molar refractivity (Wildman–Crippen MR) is 73.6 cm³/mol. The molecule has 18 heavy (non-hydrogen) atoms. The lowest BCUT2D eigenvalue weighted by molar-refractivity contribution is 0.0303. The molecule has 1 unspecified atom stereocenters. The van der Waals surface area contributed by atoms with Gasteiger partial charge in [0.05, 0.1) is 12.7 Å². The molecule has 2 N–H and O–H groups in total. The number of hydrogen-bond acceptors (Lipinski definition) is 3. The summed E-state index contributed by atoms with van der Waals surface area (Å²) < 4.78 is 5.50. The Morgan fingerprint density at radius 1 is 1.11 bits per heavy atom. The van der Waals surface area contributed by atoms with E-state index in [1.54, 1.807) is 0 Å². The van der Waals surface area contributed by atoms with Gasteiger partial charge in [0, 0.05) is 19.2 Å². The minimum absolute atomic E-state index is 0.340. The van der Waals surface area contributed by atoms with Crippen molar-refractivity contribution < 1.29 is 9.84 Å². The normalized spacial score (nSPS) is 30.3. The van der Waals surface area contributed by atoms with Gasteiger partial charge in [0.15, 0.2) is 0 Å². The molecule has 3 nitrogen and oxygen atoms in total. The van der Waals surface area contributed by atoms with Gasteiger partial charge in [-0.2, -0.15) is 0 Å². The lowest BCUT2D eigenvalue weighted by Gasteiger charge is -2.29. The summed E-state index contributed by atoms with van der Waals surface area (Å²) in [7, 11) is 0. The van der Waals surface area contributed by atoms with Crippen LogP contribution in [0.5, 0.6) is 0 Å². The maximum absolute atomic E-state index is 9.82. The summed E-state index contributed by atoms with van der Waals surface area (Å²) in [6.07, 6.45) is 8.86. The van der Waals surface area contributed by atoms with E-state index in [4.69, 9.17) is 4.74 Å². The molecule has 106 valence electrons. The third kappa shape index (κ3) is 5.25. The van der Waals surface area contributed by atoms with E-state index >= 15 is 0 Å². The second-order valence-corrected chi connectivity index (χ2v) is 6.17. The molecule has 2 saturated carbocycles. The first-order chi connectivity index (χ1) is 8.78. The third-order valence-electron chi connectivity index (χ3n) is 4.43. The van der Waals surface area contributed by atoms with E-state index in [0.29, 0.717) is 19.2 Å². The standard InChI is InChI=1S/C15H29NO2/c1-2-12-5-7-14(8-6-12)16-9-15(17)11-18-10-13-3-4-13/h12-17H,2-11H2,1H3. The fourth-order valence-electron chi connectivity index (χ4n) is 2.79. The lowest BCUT2D eigenvalue weighted by atomic mass is 9.84. The number of nitrogens with one attached hydrogen (secondary N) is 1. The molecule has 0 heterocycles. The summed E-state index contributed by atoms with van der Waals surface area (Å²) in [5.74, 6) is 1.73. The molecule has 2 aliphatic rings. The highest BCUT2D eigenvalue weighted by Crippen LogP contribution is 2.28. The fourth-order valence-corrected chi connectivity index (χ4v) is 2.79. The molecule has 0 radical (unpaired) electrons. The van der Waals surface area contributed by atoms with Crippen molar-refractivity contribution in [1.29, 1.82) is 0 Å². The van der Waals surface area contributed by atoms with E-state index in [0.717, 1.165) is 18.4 Å². The summed E-state index contributed by atoms with van der Waals surface area (Å²) in [6, 6.07) is 0.617. The van der Waals surface area contributed by atoms with Crippen molar-refractivity contribution in [2.45, 2.75) is 64.0 Å². The lowest BCUT2D eigenvalue weighted by Crippen LogP contribution is -2.39. The molecule has 0 bridgehead atoms. The second-order valence-electron chi connectivity index (χ2n) is 6.17. The Hall–Kier alpha value is -0.120. The van der Waals surface area contributed by atoms with E-state index in [1.165, 1.54) is 44.9 Å². The summed E-state index contributed by atoms with van der Waals surface area (Å²) in [5, 5.41) is 13.3. The molecule has 3 heteroatoms. The number of ether oxygens (including phenoxy) is 1. The van der Waals surface area contributed by atoms with Crippen LogP contribution in [-0.4, -0.2) is 37.0 Å². The Labute approximate surface area is 111 Å². The molecule has 2 rings (SSSR count). The Kier molecular flexibility index (Phi) is 5.93. The van der Waals surface area contributed by atoms with Crippen LogP contribution >= 0.6 is 0 Å². The van der Waals surface area contributed by atoms with Gasteiger partial charge in [-0.25, -0.2) is 0 Å². The zero-order chi connectivity index (χ0) is 12.8. The van der Waals surface area contributed by atoms with Crippen molar-refractivity contribution in [1.82, 2.24) is 5.32 Å². The first-order valence-electron chi connectivity index (χ1n) is 7.77. The minimum atomic E-state index is -0.340. The van der Waals surface area contributed by atoms with E-state index in [2.05, 4.69) is 12.2 Å². The summed E-state index contributed by atoms with van der Waals surface area (Å²) in [6.45, 7) is 4.32. The smallest absolute Gasteiger partial charge is 0.0897 e. The number of aliphatic hydroxyl groups is 1. The van der Waals surface area contributed by atoms with E-state index < -0.39 is 0 Å². The van der Waals surface area contributed by atoms with Crippen molar-refractivity contribution >= 4 is 0 Å².